The second-order valence-electron chi connectivity index (χ2n) is 4.57. The van der Waals surface area contributed by atoms with Gasteiger partial charge in [-0.2, -0.15) is 0 Å². The van der Waals surface area contributed by atoms with Crippen LogP contribution in [-0.2, 0) is 0 Å². The van der Waals surface area contributed by atoms with Crippen LogP contribution in [0.3, 0.4) is 0 Å². The van der Waals surface area contributed by atoms with Crippen molar-refractivity contribution in [1.29, 1.82) is 0 Å². The minimum Gasteiger partial charge on any atom is -0.396 e. The highest BCUT2D eigenvalue weighted by Gasteiger charge is 2.14. The maximum atomic E-state index is 12.1. The van der Waals surface area contributed by atoms with Gasteiger partial charge in [0.1, 0.15) is 0 Å². The maximum Gasteiger partial charge on any atom is 0.176 e. The second-order valence-corrected chi connectivity index (χ2v) is 5.82. The Labute approximate surface area is 122 Å². The third-order valence-electron chi connectivity index (χ3n) is 2.85. The van der Waals surface area contributed by atoms with Gasteiger partial charge in [0.2, 0.25) is 0 Å². The lowest BCUT2D eigenvalue weighted by molar-refractivity contribution is 0.0896. The molecule has 0 fully saturated rings. The molecule has 100 valence electrons. The summed E-state index contributed by atoms with van der Waals surface area (Å²) >= 11 is 2.22. The lowest BCUT2D eigenvalue weighted by Crippen LogP contribution is -2.36. The van der Waals surface area contributed by atoms with E-state index in [-0.39, 0.29) is 12.4 Å². The molecule has 1 rings (SSSR count). The van der Waals surface area contributed by atoms with Crippen molar-refractivity contribution in [2.24, 2.45) is 0 Å². The molecule has 0 spiro atoms. The number of carbonyl (C=O) groups excluding carboxylic acids is 1. The summed E-state index contributed by atoms with van der Waals surface area (Å²) in [5.41, 5.74) is 0.755. The van der Waals surface area contributed by atoms with Crippen molar-refractivity contribution in [2.45, 2.75) is 26.3 Å². The summed E-state index contributed by atoms with van der Waals surface area (Å²) in [4.78, 5) is 14.2. The van der Waals surface area contributed by atoms with E-state index < -0.39 is 0 Å². The van der Waals surface area contributed by atoms with E-state index in [0.29, 0.717) is 19.0 Å². The van der Waals surface area contributed by atoms with Gasteiger partial charge < -0.3 is 5.11 Å². The van der Waals surface area contributed by atoms with Crippen molar-refractivity contribution < 1.29 is 9.90 Å². The molecular weight excluding hydrogens is 341 g/mol. The van der Waals surface area contributed by atoms with Crippen molar-refractivity contribution in [3.8, 4) is 0 Å². The van der Waals surface area contributed by atoms with Crippen molar-refractivity contribution in [1.82, 2.24) is 4.90 Å². The number of rotatable bonds is 7. The smallest absolute Gasteiger partial charge is 0.176 e. The van der Waals surface area contributed by atoms with Crippen LogP contribution in [0.1, 0.15) is 30.6 Å². The van der Waals surface area contributed by atoms with E-state index in [9.17, 15) is 4.79 Å². The zero-order chi connectivity index (χ0) is 13.5. The molecule has 3 nitrogen and oxygen atoms in total. The fourth-order valence-corrected chi connectivity index (χ4v) is 2.06. The average Bonchev–Trinajstić information content (AvgIpc) is 2.34. The zero-order valence-electron chi connectivity index (χ0n) is 10.9. The molecule has 0 bridgehead atoms. The van der Waals surface area contributed by atoms with Crippen molar-refractivity contribution in [3.63, 3.8) is 0 Å². The van der Waals surface area contributed by atoms with Gasteiger partial charge in [0.05, 0.1) is 6.54 Å². The number of nitrogens with zero attached hydrogens (tertiary/aromatic N) is 1. The molecule has 0 aliphatic rings. The van der Waals surface area contributed by atoms with Crippen LogP contribution < -0.4 is 0 Å². The lowest BCUT2D eigenvalue weighted by Gasteiger charge is -2.25. The van der Waals surface area contributed by atoms with Gasteiger partial charge in [0, 0.05) is 28.3 Å². The highest BCUT2D eigenvalue weighted by Crippen LogP contribution is 2.09. The normalized spacial score (nSPS) is 11.2. The summed E-state index contributed by atoms with van der Waals surface area (Å²) in [6.07, 6.45) is 0.706. The number of hydrogen-bond donors (Lipinski definition) is 1. The molecule has 0 atom stereocenters. The number of aliphatic hydroxyl groups is 1. The number of benzene rings is 1. The third-order valence-corrected chi connectivity index (χ3v) is 3.57. The topological polar surface area (TPSA) is 40.5 Å². The van der Waals surface area contributed by atoms with Crippen molar-refractivity contribution in [2.75, 3.05) is 19.7 Å². The van der Waals surface area contributed by atoms with E-state index in [2.05, 4.69) is 41.3 Å². The Morgan fingerprint density at radius 3 is 2.44 bits per heavy atom. The summed E-state index contributed by atoms with van der Waals surface area (Å²) in [6, 6.07) is 7.94. The van der Waals surface area contributed by atoms with E-state index in [1.165, 1.54) is 0 Å². The van der Waals surface area contributed by atoms with Gasteiger partial charge in [0.15, 0.2) is 5.78 Å². The Balaban J connectivity index is 2.63. The van der Waals surface area contributed by atoms with E-state index in [4.69, 9.17) is 5.11 Å². The summed E-state index contributed by atoms with van der Waals surface area (Å²) in [5.74, 6) is 0.137. The van der Waals surface area contributed by atoms with Gasteiger partial charge >= 0.3 is 0 Å². The van der Waals surface area contributed by atoms with Gasteiger partial charge in [-0.25, -0.2) is 0 Å². The Bertz CT molecular complexity index is 376. The van der Waals surface area contributed by atoms with Gasteiger partial charge in [-0.15, -0.1) is 0 Å². The van der Waals surface area contributed by atoms with Gasteiger partial charge in [-0.3, -0.25) is 9.69 Å². The van der Waals surface area contributed by atoms with E-state index in [1.54, 1.807) is 0 Å². The van der Waals surface area contributed by atoms with E-state index in [1.807, 2.05) is 24.3 Å². The van der Waals surface area contributed by atoms with Crippen LogP contribution in [0.5, 0.6) is 0 Å². The van der Waals surface area contributed by atoms with E-state index in [0.717, 1.165) is 15.7 Å². The highest BCUT2D eigenvalue weighted by molar-refractivity contribution is 14.1. The SMILES string of the molecule is CC(C)N(CCCO)CC(=O)c1ccc(I)cc1. The first-order valence-electron chi connectivity index (χ1n) is 6.18. The van der Waals surface area contributed by atoms with Gasteiger partial charge in [0.25, 0.3) is 0 Å². The molecule has 1 aromatic rings. The number of Topliss-reactive ketones (excluding diaryl/α,β-unsaturated/α-hetero) is 1. The third kappa shape index (κ3) is 5.04. The molecular formula is C14H20INO2. The first kappa shape index (κ1) is 15.6. The van der Waals surface area contributed by atoms with Crippen LogP contribution in [0.2, 0.25) is 0 Å². The number of aliphatic hydroxyl groups excluding tert-OH is 1. The summed E-state index contributed by atoms with van der Waals surface area (Å²) in [6.45, 7) is 5.47. The van der Waals surface area contributed by atoms with Crippen LogP contribution in [-0.4, -0.2) is 41.5 Å². The van der Waals surface area contributed by atoms with Crippen molar-refractivity contribution >= 4 is 28.4 Å². The van der Waals surface area contributed by atoms with Gasteiger partial charge in [-0.1, -0.05) is 12.1 Å². The summed E-state index contributed by atoms with van der Waals surface area (Å²) in [5, 5.41) is 8.87. The molecule has 0 radical (unpaired) electrons. The first-order chi connectivity index (χ1) is 8.54. The first-order valence-corrected chi connectivity index (χ1v) is 7.26. The predicted molar refractivity (Wildman–Crippen MR) is 81.9 cm³/mol. The molecule has 4 heteroatoms. The molecule has 0 heterocycles. The monoisotopic (exact) mass is 361 g/mol. The Hall–Kier alpha value is -0.460. The van der Waals surface area contributed by atoms with Crippen LogP contribution in [0.4, 0.5) is 0 Å². The van der Waals surface area contributed by atoms with Crippen LogP contribution >= 0.6 is 22.6 Å². The fourth-order valence-electron chi connectivity index (χ4n) is 1.71. The Morgan fingerprint density at radius 2 is 1.94 bits per heavy atom. The molecule has 0 aromatic heterocycles. The van der Waals surface area contributed by atoms with Crippen LogP contribution in [0.25, 0.3) is 0 Å². The standard InChI is InChI=1S/C14H20INO2/c1-11(2)16(8-3-9-17)10-14(18)12-4-6-13(15)7-5-12/h4-7,11,17H,3,8-10H2,1-2H3. The highest BCUT2D eigenvalue weighted by atomic mass is 127. The number of ketones is 1. The number of hydrogen-bond acceptors (Lipinski definition) is 3. The fraction of sp³-hybridized carbons (Fsp3) is 0.500. The van der Waals surface area contributed by atoms with Crippen molar-refractivity contribution in [3.05, 3.63) is 33.4 Å². The molecule has 18 heavy (non-hydrogen) atoms. The summed E-state index contributed by atoms with van der Waals surface area (Å²) in [7, 11) is 0. The quantitative estimate of drug-likeness (QED) is 0.600. The predicted octanol–water partition coefficient (Wildman–Crippen LogP) is 2.57. The molecule has 0 saturated heterocycles. The molecule has 0 aliphatic carbocycles. The molecule has 0 aliphatic heterocycles. The largest absolute Gasteiger partial charge is 0.396 e. The molecule has 0 unspecified atom stereocenters. The maximum absolute atomic E-state index is 12.1. The van der Waals surface area contributed by atoms with Crippen LogP contribution in [0.15, 0.2) is 24.3 Å². The minimum absolute atomic E-state index is 0.137. The lowest BCUT2D eigenvalue weighted by atomic mass is 10.1. The average molecular weight is 361 g/mol. The molecule has 0 amide bonds. The number of carbonyl (C=O) groups is 1. The van der Waals surface area contributed by atoms with E-state index >= 15 is 0 Å². The zero-order valence-corrected chi connectivity index (χ0v) is 13.1. The van der Waals surface area contributed by atoms with Crippen LogP contribution in [0, 0.1) is 3.57 Å². The molecule has 0 saturated carbocycles. The van der Waals surface area contributed by atoms with Gasteiger partial charge in [-0.05, 0) is 55.0 Å². The molecule has 1 N–H and O–H groups in total. The second kappa shape index (κ2) is 7.86. The molecule has 1 aromatic carbocycles. The minimum atomic E-state index is 0.137. The summed E-state index contributed by atoms with van der Waals surface area (Å²) < 4.78 is 1.13. The number of halogens is 1. The Kier molecular flexibility index (Phi) is 6.81. The Morgan fingerprint density at radius 1 is 1.33 bits per heavy atom.